The molecule has 3 aliphatic rings. The fourth-order valence-electron chi connectivity index (χ4n) is 6.73. The number of carbonyl (C=O) groups excluding carboxylic acids is 1. The Kier molecular flexibility index (Phi) is 3.05. The van der Waals surface area contributed by atoms with E-state index < -0.39 is 17.9 Å². The number of nitrogens with two attached hydrogens (primary N) is 1. The minimum atomic E-state index is -1.05. The lowest BCUT2D eigenvalue weighted by atomic mass is 9.94. The fraction of sp³-hybridized carbons (Fsp3) is 0.269. The smallest absolute Gasteiger partial charge is 0.252 e. The molecule has 1 amide bonds. The molecule has 3 aliphatic heterocycles. The normalized spacial score (nSPS) is 28.2. The Balaban J connectivity index is 1.77. The molecule has 7 nitrogen and oxygen atoms in total. The van der Waals surface area contributed by atoms with Gasteiger partial charge in [0.2, 0.25) is 0 Å². The van der Waals surface area contributed by atoms with Gasteiger partial charge in [0.25, 0.3) is 5.91 Å². The van der Waals surface area contributed by atoms with Gasteiger partial charge in [0, 0.05) is 40.6 Å². The number of nitrogens with zero attached hydrogens (tertiary/aromatic N) is 2. The summed E-state index contributed by atoms with van der Waals surface area (Å²) >= 11 is 0. The number of amides is 1. The highest BCUT2D eigenvalue weighted by atomic mass is 16.6. The lowest BCUT2D eigenvalue weighted by Gasteiger charge is -2.45. The summed E-state index contributed by atoms with van der Waals surface area (Å²) in [5.74, 6) is -0.0391. The molecule has 0 unspecified atom stereocenters. The van der Waals surface area contributed by atoms with Gasteiger partial charge < -0.3 is 30.0 Å². The van der Waals surface area contributed by atoms with Gasteiger partial charge in [-0.05, 0) is 24.6 Å². The van der Waals surface area contributed by atoms with Crippen molar-refractivity contribution in [3.63, 3.8) is 0 Å². The van der Waals surface area contributed by atoms with Gasteiger partial charge in [-0.15, -0.1) is 0 Å². The molecule has 164 valence electrons. The molecule has 1 fully saturated rings. The van der Waals surface area contributed by atoms with Gasteiger partial charge in [0.1, 0.15) is 12.3 Å². The maximum atomic E-state index is 13.2. The Bertz CT molecular complexity index is 1710. The van der Waals surface area contributed by atoms with Crippen LogP contribution in [0.25, 0.3) is 43.6 Å². The summed E-state index contributed by atoms with van der Waals surface area (Å²) in [6.07, 6.45) is -0.759. The number of nitrogens with one attached hydrogen (secondary N) is 1. The molecule has 0 aliphatic carbocycles. The number of hydrogen-bond acceptors (Lipinski definition) is 4. The molecule has 2 bridgehead atoms. The van der Waals surface area contributed by atoms with Crippen LogP contribution < -0.4 is 11.1 Å². The van der Waals surface area contributed by atoms with Crippen molar-refractivity contribution in [2.75, 3.05) is 0 Å². The third kappa shape index (κ3) is 1.85. The van der Waals surface area contributed by atoms with Crippen molar-refractivity contribution in [3.8, 4) is 0 Å². The van der Waals surface area contributed by atoms with Crippen molar-refractivity contribution in [2.45, 2.75) is 44.0 Å². The van der Waals surface area contributed by atoms with Crippen LogP contribution in [-0.2, 0) is 17.0 Å². The van der Waals surface area contributed by atoms with Gasteiger partial charge in [-0.25, -0.2) is 0 Å². The summed E-state index contributed by atoms with van der Waals surface area (Å²) in [5, 5.41) is 18.5. The average molecular weight is 438 g/mol. The fourth-order valence-corrected chi connectivity index (χ4v) is 6.73. The molecule has 0 saturated carbocycles. The number of hydrogen-bond donors (Lipinski definition) is 3. The number of aromatic nitrogens is 2. The highest BCUT2D eigenvalue weighted by molar-refractivity contribution is 6.31. The summed E-state index contributed by atoms with van der Waals surface area (Å²) in [6.45, 7) is 2.42. The molecule has 5 aromatic rings. The van der Waals surface area contributed by atoms with Crippen molar-refractivity contribution in [1.29, 1.82) is 0 Å². The lowest BCUT2D eigenvalue weighted by Crippen LogP contribution is -2.58. The number of rotatable bonds is 0. The monoisotopic (exact) mass is 438 g/mol. The van der Waals surface area contributed by atoms with Crippen LogP contribution in [0.2, 0.25) is 0 Å². The minimum Gasteiger partial charge on any atom is -0.386 e. The van der Waals surface area contributed by atoms with E-state index in [4.69, 9.17) is 10.5 Å². The van der Waals surface area contributed by atoms with Crippen molar-refractivity contribution in [1.82, 2.24) is 14.5 Å². The summed E-state index contributed by atoms with van der Waals surface area (Å²) in [5.41, 5.74) is 11.2. The molecule has 1 saturated heterocycles. The number of fused-ring (bicyclic) bond motifs is 13. The molecular weight excluding hydrogens is 416 g/mol. The summed E-state index contributed by atoms with van der Waals surface area (Å²) in [7, 11) is 0. The van der Waals surface area contributed by atoms with Crippen LogP contribution in [0.4, 0.5) is 0 Å². The Morgan fingerprint density at radius 2 is 1.76 bits per heavy atom. The number of ether oxygens (including phenoxy) is 1. The number of carbonyl (C=O) groups is 1. The molecule has 3 aromatic carbocycles. The lowest BCUT2D eigenvalue weighted by molar-refractivity contribution is -0.246. The third-order valence-corrected chi connectivity index (χ3v) is 8.05. The van der Waals surface area contributed by atoms with E-state index in [1.165, 1.54) is 0 Å². The molecule has 4 atom stereocenters. The quantitative estimate of drug-likeness (QED) is 0.345. The Morgan fingerprint density at radius 1 is 1.06 bits per heavy atom. The van der Waals surface area contributed by atoms with Crippen LogP contribution in [0, 0.1) is 0 Å². The zero-order valence-corrected chi connectivity index (χ0v) is 18.0. The molecule has 5 heterocycles. The molecule has 0 radical (unpaired) electrons. The number of para-hydroxylation sites is 2. The molecular formula is C26H22N4O3. The number of benzene rings is 3. The largest absolute Gasteiger partial charge is 0.386 e. The zero-order valence-electron chi connectivity index (χ0n) is 18.0. The van der Waals surface area contributed by atoms with Crippen LogP contribution >= 0.6 is 0 Å². The zero-order chi connectivity index (χ0) is 22.2. The predicted octanol–water partition coefficient (Wildman–Crippen LogP) is 3.44. The van der Waals surface area contributed by atoms with Gasteiger partial charge in [-0.1, -0.05) is 36.4 Å². The van der Waals surface area contributed by atoms with Crippen molar-refractivity contribution >= 4 is 49.5 Å². The van der Waals surface area contributed by atoms with Crippen LogP contribution in [0.15, 0.2) is 48.5 Å². The highest BCUT2D eigenvalue weighted by Crippen LogP contribution is 2.52. The van der Waals surface area contributed by atoms with Crippen LogP contribution in [-0.4, -0.2) is 32.3 Å². The van der Waals surface area contributed by atoms with Crippen LogP contribution in [0.3, 0.4) is 0 Å². The maximum Gasteiger partial charge on any atom is 0.252 e. The molecule has 2 aromatic heterocycles. The first-order valence-corrected chi connectivity index (χ1v) is 11.4. The van der Waals surface area contributed by atoms with E-state index in [1.807, 2.05) is 31.2 Å². The number of aliphatic hydroxyl groups excluding tert-OH is 1. The van der Waals surface area contributed by atoms with E-state index in [9.17, 15) is 9.90 Å². The summed E-state index contributed by atoms with van der Waals surface area (Å²) < 4.78 is 11.1. The second-order valence-corrected chi connectivity index (χ2v) is 9.69. The second-order valence-electron chi connectivity index (χ2n) is 9.69. The molecule has 33 heavy (non-hydrogen) atoms. The van der Waals surface area contributed by atoms with Crippen LogP contribution in [0.5, 0.6) is 0 Å². The van der Waals surface area contributed by atoms with E-state index in [0.29, 0.717) is 13.0 Å². The third-order valence-electron chi connectivity index (χ3n) is 8.05. The molecule has 4 N–H and O–H groups in total. The van der Waals surface area contributed by atoms with Gasteiger partial charge in [-0.2, -0.15) is 0 Å². The average Bonchev–Trinajstić information content (AvgIpc) is 3.45. The highest BCUT2D eigenvalue weighted by Gasteiger charge is 2.51. The van der Waals surface area contributed by atoms with Crippen LogP contribution in [0.1, 0.15) is 35.5 Å². The minimum absolute atomic E-state index is 0.0391. The van der Waals surface area contributed by atoms with Crippen molar-refractivity contribution < 1.29 is 14.6 Å². The SMILES string of the molecule is C[C@]12O[C@H](C[C@@H](N)[C@H]1O)n1c3ccccc3c3c4c(c5c6ccccc6n2c5c31)CNC4=O. The van der Waals surface area contributed by atoms with Crippen molar-refractivity contribution in [3.05, 3.63) is 59.7 Å². The number of aliphatic hydroxyl groups is 1. The summed E-state index contributed by atoms with van der Waals surface area (Å²) in [4.78, 5) is 13.2. The summed E-state index contributed by atoms with van der Waals surface area (Å²) in [6, 6.07) is 15.9. The predicted molar refractivity (Wildman–Crippen MR) is 126 cm³/mol. The molecule has 7 heteroatoms. The van der Waals surface area contributed by atoms with E-state index in [1.54, 1.807) is 0 Å². The topological polar surface area (TPSA) is 94.4 Å². The standard InChI is InChI=1S/C26H22N4O3/c1-26-24(31)15(27)10-18(33-26)29-16-8-4-2-6-12(16)20-21-14(11-28-25(21)32)19-13-7-3-5-9-17(13)30(26)23(19)22(20)29/h2-9,15,18,24,31H,10-11,27H2,1H3,(H,28,32)/t15-,18-,24-,26+/m1/s1. The second kappa shape index (κ2) is 5.56. The Labute approximate surface area is 188 Å². The first-order chi connectivity index (χ1) is 16.0. The first kappa shape index (κ1) is 18.1. The van der Waals surface area contributed by atoms with E-state index >= 15 is 0 Å². The van der Waals surface area contributed by atoms with Gasteiger partial charge in [0.15, 0.2) is 5.72 Å². The Hall–Kier alpha value is -3.39. The maximum absolute atomic E-state index is 13.2. The van der Waals surface area contributed by atoms with E-state index in [2.05, 4.69) is 38.7 Å². The van der Waals surface area contributed by atoms with Gasteiger partial charge in [0.05, 0.1) is 27.6 Å². The van der Waals surface area contributed by atoms with Gasteiger partial charge in [-0.3, -0.25) is 4.79 Å². The molecule has 8 rings (SSSR count). The first-order valence-electron chi connectivity index (χ1n) is 11.4. The Morgan fingerprint density at radius 3 is 2.55 bits per heavy atom. The molecule has 0 spiro atoms. The van der Waals surface area contributed by atoms with Gasteiger partial charge >= 0.3 is 0 Å². The van der Waals surface area contributed by atoms with E-state index in [-0.39, 0.29) is 12.1 Å². The van der Waals surface area contributed by atoms with E-state index in [0.717, 1.165) is 54.7 Å². The van der Waals surface area contributed by atoms with Crippen molar-refractivity contribution in [2.24, 2.45) is 5.73 Å².